The van der Waals surface area contributed by atoms with Crippen molar-refractivity contribution in [2.45, 2.75) is 76.7 Å². The number of piperidine rings is 1. The van der Waals surface area contributed by atoms with E-state index in [-0.39, 0.29) is 11.6 Å². The molecule has 1 aromatic heterocycles. The van der Waals surface area contributed by atoms with Crippen LogP contribution in [-0.2, 0) is 9.31 Å². The molecule has 0 spiro atoms. The molecule has 4 rings (SSSR count). The Labute approximate surface area is 155 Å². The van der Waals surface area contributed by atoms with Gasteiger partial charge in [-0.3, -0.25) is 4.98 Å². The predicted octanol–water partition coefficient (Wildman–Crippen LogP) is 3.92. The highest BCUT2D eigenvalue weighted by atomic mass is 19.1. The first-order valence-electron chi connectivity index (χ1n) is 9.69. The van der Waals surface area contributed by atoms with Crippen LogP contribution in [0.1, 0.15) is 59.1 Å². The number of nitrogens with zero attached hydrogens (tertiary/aromatic N) is 1. The molecule has 2 unspecified atom stereocenters. The number of allylic oxidation sites excluding steroid dienone is 1. The van der Waals surface area contributed by atoms with Crippen molar-refractivity contribution in [3.63, 3.8) is 0 Å². The minimum Gasteiger partial charge on any atom is -0.398 e. The molecule has 3 saturated heterocycles. The van der Waals surface area contributed by atoms with E-state index in [1.54, 1.807) is 6.20 Å². The van der Waals surface area contributed by atoms with E-state index in [1.165, 1.54) is 12.8 Å². The van der Waals surface area contributed by atoms with Crippen molar-refractivity contribution in [1.29, 1.82) is 0 Å². The Balaban J connectivity index is 1.72. The van der Waals surface area contributed by atoms with Crippen LogP contribution in [0.2, 0.25) is 0 Å². The number of pyridine rings is 1. The molecule has 4 heterocycles. The first kappa shape index (κ1) is 18.1. The quantitative estimate of drug-likeness (QED) is 0.832. The topological polar surface area (TPSA) is 43.4 Å². The van der Waals surface area contributed by atoms with Gasteiger partial charge in [0.25, 0.3) is 0 Å². The third-order valence-corrected chi connectivity index (χ3v) is 6.54. The number of halogens is 1. The van der Waals surface area contributed by atoms with E-state index in [2.05, 4.69) is 10.3 Å². The Kier molecular flexibility index (Phi) is 4.49. The first-order chi connectivity index (χ1) is 12.3. The van der Waals surface area contributed by atoms with Crippen LogP contribution in [0.4, 0.5) is 4.39 Å². The van der Waals surface area contributed by atoms with Gasteiger partial charge in [-0.05, 0) is 71.4 Å². The maximum Gasteiger partial charge on any atom is 0.525 e. The molecule has 3 fully saturated rings. The van der Waals surface area contributed by atoms with Crippen LogP contribution < -0.4 is 5.32 Å². The summed E-state index contributed by atoms with van der Waals surface area (Å²) in [7, 11) is -0.968. The molecule has 0 aliphatic carbocycles. The van der Waals surface area contributed by atoms with Gasteiger partial charge in [0, 0.05) is 23.9 Å². The number of aromatic nitrogens is 1. The molecule has 2 bridgehead atoms. The zero-order chi connectivity index (χ0) is 18.5. The second-order valence-electron chi connectivity index (χ2n) is 8.87. The second kappa shape index (κ2) is 6.43. The predicted molar refractivity (Wildman–Crippen MR) is 101 cm³/mol. The smallest absolute Gasteiger partial charge is 0.398 e. The fraction of sp³-hybridized carbons (Fsp3) is 0.650. The highest BCUT2D eigenvalue weighted by Crippen LogP contribution is 2.44. The van der Waals surface area contributed by atoms with Gasteiger partial charge < -0.3 is 14.6 Å². The van der Waals surface area contributed by atoms with E-state index in [1.807, 2.05) is 45.9 Å². The Morgan fingerprint density at radius 2 is 1.73 bits per heavy atom. The summed E-state index contributed by atoms with van der Waals surface area (Å²) in [6, 6.07) is 6.62. The van der Waals surface area contributed by atoms with E-state index in [0.29, 0.717) is 23.4 Å². The van der Waals surface area contributed by atoms with Crippen LogP contribution in [0.5, 0.6) is 0 Å². The molecule has 26 heavy (non-hydrogen) atoms. The van der Waals surface area contributed by atoms with Gasteiger partial charge in [-0.25, -0.2) is 4.39 Å². The third-order valence-electron chi connectivity index (χ3n) is 6.54. The Hall–Kier alpha value is -1.24. The monoisotopic (exact) mass is 358 g/mol. The van der Waals surface area contributed by atoms with Crippen LogP contribution >= 0.6 is 0 Å². The van der Waals surface area contributed by atoms with Gasteiger partial charge in [0.15, 0.2) is 0 Å². The summed E-state index contributed by atoms with van der Waals surface area (Å²) in [6.45, 7) is 7.80. The molecule has 140 valence electrons. The van der Waals surface area contributed by atoms with Crippen LogP contribution in [0.15, 0.2) is 30.1 Å². The molecule has 0 amide bonds. The molecule has 0 radical (unpaired) electrons. The zero-order valence-electron chi connectivity index (χ0n) is 16.1. The number of hydrogen-bond acceptors (Lipinski definition) is 4. The summed E-state index contributed by atoms with van der Waals surface area (Å²) in [4.78, 5) is 4.46. The van der Waals surface area contributed by atoms with Crippen molar-refractivity contribution in [1.82, 2.24) is 10.3 Å². The van der Waals surface area contributed by atoms with Gasteiger partial charge in [-0.15, -0.1) is 0 Å². The highest BCUT2D eigenvalue weighted by Gasteiger charge is 2.54. The zero-order valence-corrected chi connectivity index (χ0v) is 16.1. The van der Waals surface area contributed by atoms with Crippen LogP contribution in [0.3, 0.4) is 0 Å². The molecule has 1 aromatic rings. The minimum atomic E-state index is -0.968. The molecule has 3 aliphatic heterocycles. The van der Waals surface area contributed by atoms with Crippen molar-refractivity contribution in [3.8, 4) is 0 Å². The molecule has 4 nitrogen and oxygen atoms in total. The highest BCUT2D eigenvalue weighted by molar-refractivity contribution is 6.55. The summed E-state index contributed by atoms with van der Waals surface area (Å²) in [5.41, 5.74) is -0.0587. The van der Waals surface area contributed by atoms with Crippen LogP contribution in [0.25, 0.3) is 5.57 Å². The van der Waals surface area contributed by atoms with Crippen LogP contribution in [-0.4, -0.2) is 35.4 Å². The lowest BCUT2D eigenvalue weighted by atomic mass is 9.76. The summed E-state index contributed by atoms with van der Waals surface area (Å²) < 4.78 is 27.8. The molecule has 6 heteroatoms. The Morgan fingerprint density at radius 1 is 1.12 bits per heavy atom. The molecule has 1 N–H and O–H groups in total. The summed E-state index contributed by atoms with van der Waals surface area (Å²) in [6.07, 6.45) is 5.96. The largest absolute Gasteiger partial charge is 0.525 e. The normalized spacial score (nSPS) is 33.3. The third kappa shape index (κ3) is 3.12. The number of rotatable bonds is 3. The molecular weight excluding hydrogens is 330 g/mol. The van der Waals surface area contributed by atoms with E-state index < -0.39 is 18.3 Å². The maximum absolute atomic E-state index is 15.8. The van der Waals surface area contributed by atoms with Gasteiger partial charge in [0.2, 0.25) is 0 Å². The van der Waals surface area contributed by atoms with Crippen molar-refractivity contribution >= 4 is 12.7 Å². The SMILES string of the molecule is CC1(C)OB(C(F)=C(c2ccccn2)C2CC3CCC(C2)N3)OC1(C)C. The molecular formula is C20H28BFN2O2. The number of fused-ring (bicyclic) bond motifs is 2. The first-order valence-corrected chi connectivity index (χ1v) is 9.69. The van der Waals surface area contributed by atoms with Gasteiger partial charge in [-0.1, -0.05) is 6.07 Å². The maximum atomic E-state index is 15.8. The average Bonchev–Trinajstić information content (AvgIpc) is 3.03. The summed E-state index contributed by atoms with van der Waals surface area (Å²) in [5.74, 6) is 0.141. The average molecular weight is 358 g/mol. The van der Waals surface area contributed by atoms with Gasteiger partial charge in [-0.2, -0.15) is 0 Å². The minimum absolute atomic E-state index is 0.141. The summed E-state index contributed by atoms with van der Waals surface area (Å²) in [5, 5.41) is 3.63. The number of hydrogen-bond donors (Lipinski definition) is 1. The molecule has 2 atom stereocenters. The number of nitrogens with one attached hydrogen (secondary N) is 1. The van der Waals surface area contributed by atoms with E-state index in [9.17, 15) is 0 Å². The second-order valence-corrected chi connectivity index (χ2v) is 8.87. The van der Waals surface area contributed by atoms with E-state index in [0.717, 1.165) is 12.8 Å². The Morgan fingerprint density at radius 3 is 2.27 bits per heavy atom. The molecule has 0 aromatic carbocycles. The standard InChI is InChI=1S/C20H28BFN2O2/c1-19(2)20(3,4)26-21(25-19)18(22)17(16-7-5-6-10-23-16)13-11-14-8-9-15(12-13)24-14/h5-7,10,13-15,24H,8-9,11-12H2,1-4H3. The molecule has 0 saturated carbocycles. The fourth-order valence-electron chi connectivity index (χ4n) is 4.42. The molecule has 3 aliphatic rings. The van der Waals surface area contributed by atoms with E-state index >= 15 is 4.39 Å². The van der Waals surface area contributed by atoms with Crippen molar-refractivity contribution in [2.24, 2.45) is 5.92 Å². The van der Waals surface area contributed by atoms with Gasteiger partial charge in [0.1, 0.15) is 5.73 Å². The lowest BCUT2D eigenvalue weighted by Gasteiger charge is -2.32. The Bertz CT molecular complexity index is 679. The summed E-state index contributed by atoms with van der Waals surface area (Å²) >= 11 is 0. The van der Waals surface area contributed by atoms with Crippen molar-refractivity contribution < 1.29 is 13.7 Å². The fourth-order valence-corrected chi connectivity index (χ4v) is 4.42. The van der Waals surface area contributed by atoms with E-state index in [4.69, 9.17) is 9.31 Å². The van der Waals surface area contributed by atoms with Gasteiger partial charge >= 0.3 is 7.12 Å². The van der Waals surface area contributed by atoms with Gasteiger partial charge in [0.05, 0.1) is 16.9 Å². The van der Waals surface area contributed by atoms with Crippen molar-refractivity contribution in [2.75, 3.05) is 0 Å². The lowest BCUT2D eigenvalue weighted by Crippen LogP contribution is -2.41. The van der Waals surface area contributed by atoms with Crippen LogP contribution in [0, 0.1) is 5.92 Å². The lowest BCUT2D eigenvalue weighted by molar-refractivity contribution is 0.00578. The van der Waals surface area contributed by atoms with Crippen molar-refractivity contribution in [3.05, 3.63) is 35.8 Å².